The first-order chi connectivity index (χ1) is 23.6. The van der Waals surface area contributed by atoms with Crippen LogP contribution in [0, 0.1) is 0 Å². The molecule has 0 saturated carbocycles. The minimum absolute atomic E-state index is 0.701. The maximum absolute atomic E-state index is 6.05. The zero-order valence-electron chi connectivity index (χ0n) is 26.2. The van der Waals surface area contributed by atoms with Crippen LogP contribution < -0.4 is 30.7 Å². The highest BCUT2D eigenvalue weighted by Crippen LogP contribution is 2.40. The van der Waals surface area contributed by atoms with E-state index in [1.165, 1.54) is 0 Å². The number of hydrogen-bond acceptors (Lipinski definition) is 6. The van der Waals surface area contributed by atoms with Gasteiger partial charge in [-0.3, -0.25) is 0 Å². The minimum Gasteiger partial charge on any atom is -0.457 e. The van der Waals surface area contributed by atoms with Gasteiger partial charge < -0.3 is 30.7 Å². The maximum atomic E-state index is 6.05. The van der Waals surface area contributed by atoms with Crippen molar-refractivity contribution in [3.63, 3.8) is 0 Å². The lowest BCUT2D eigenvalue weighted by Gasteiger charge is -2.28. The Morgan fingerprint density at radius 2 is 0.500 bits per heavy atom. The summed E-state index contributed by atoms with van der Waals surface area (Å²) >= 11 is 0. The van der Waals surface area contributed by atoms with Gasteiger partial charge in [0.05, 0.1) is 0 Å². The van der Waals surface area contributed by atoms with Crippen LogP contribution in [0.15, 0.2) is 182 Å². The van der Waals surface area contributed by atoms with Gasteiger partial charge in [0.25, 0.3) is 0 Å². The van der Waals surface area contributed by atoms with Crippen LogP contribution in [0.25, 0.3) is 0 Å². The standard InChI is InChI=1S/C42H34N4O2/c43-31-11-23-39(24-12-31)47-41-27-19-37(20-28-41)45(33-7-3-1-4-8-33)35-15-17-36(18-16-35)46(34-9-5-2-6-10-34)38-21-29-42(30-22-38)48-40-25-13-32(44)14-26-40/h1-30H,43-44H2. The van der Waals surface area contributed by atoms with Crippen molar-refractivity contribution < 1.29 is 9.47 Å². The van der Waals surface area contributed by atoms with Crippen molar-refractivity contribution >= 4 is 45.5 Å². The molecule has 6 heteroatoms. The third-order valence-electron chi connectivity index (χ3n) is 7.82. The molecule has 6 nitrogen and oxygen atoms in total. The molecule has 0 aliphatic rings. The largest absolute Gasteiger partial charge is 0.457 e. The van der Waals surface area contributed by atoms with Crippen molar-refractivity contribution in [3.8, 4) is 23.0 Å². The van der Waals surface area contributed by atoms with Gasteiger partial charge in [-0.15, -0.1) is 0 Å². The van der Waals surface area contributed by atoms with Crippen LogP contribution in [0.5, 0.6) is 23.0 Å². The average molecular weight is 627 g/mol. The quantitative estimate of drug-likeness (QED) is 0.147. The van der Waals surface area contributed by atoms with E-state index in [2.05, 4.69) is 82.6 Å². The number of para-hydroxylation sites is 2. The molecule has 7 aromatic carbocycles. The molecule has 0 radical (unpaired) electrons. The van der Waals surface area contributed by atoms with Gasteiger partial charge in [-0.2, -0.15) is 0 Å². The molecule has 4 N–H and O–H groups in total. The molecular weight excluding hydrogens is 592 g/mol. The Bertz CT molecular complexity index is 1900. The number of nitrogen functional groups attached to an aromatic ring is 2. The van der Waals surface area contributed by atoms with Crippen LogP contribution in [0.4, 0.5) is 45.5 Å². The van der Waals surface area contributed by atoms with Gasteiger partial charge >= 0.3 is 0 Å². The third kappa shape index (κ3) is 6.93. The molecule has 234 valence electrons. The summed E-state index contributed by atoms with van der Waals surface area (Å²) in [5.74, 6) is 2.96. The van der Waals surface area contributed by atoms with Gasteiger partial charge in [-0.05, 0) is 146 Å². The first-order valence-corrected chi connectivity index (χ1v) is 15.7. The van der Waals surface area contributed by atoms with Gasteiger partial charge in [0.1, 0.15) is 23.0 Å². The lowest BCUT2D eigenvalue weighted by atomic mass is 10.1. The Kier molecular flexibility index (Phi) is 8.61. The second-order valence-corrected chi connectivity index (χ2v) is 11.2. The van der Waals surface area contributed by atoms with Crippen molar-refractivity contribution in [2.24, 2.45) is 0 Å². The average Bonchev–Trinajstić information content (AvgIpc) is 3.13. The van der Waals surface area contributed by atoms with E-state index in [1.807, 2.05) is 109 Å². The predicted molar refractivity (Wildman–Crippen MR) is 198 cm³/mol. The highest BCUT2D eigenvalue weighted by molar-refractivity contribution is 5.81. The van der Waals surface area contributed by atoms with Gasteiger partial charge in [0.15, 0.2) is 0 Å². The summed E-state index contributed by atoms with van der Waals surface area (Å²) < 4.78 is 12.1. The summed E-state index contributed by atoms with van der Waals surface area (Å²) in [6.07, 6.45) is 0. The van der Waals surface area contributed by atoms with Crippen LogP contribution in [-0.2, 0) is 0 Å². The summed E-state index contributed by atoms with van der Waals surface area (Å²) in [7, 11) is 0. The van der Waals surface area contributed by atoms with Crippen LogP contribution in [-0.4, -0.2) is 0 Å². The zero-order chi connectivity index (χ0) is 32.7. The summed E-state index contributed by atoms with van der Waals surface area (Å²) in [4.78, 5) is 4.46. The molecule has 0 amide bonds. The summed E-state index contributed by atoms with van der Waals surface area (Å²) in [5, 5.41) is 0. The molecule has 0 atom stereocenters. The summed E-state index contributed by atoms with van der Waals surface area (Å²) in [6.45, 7) is 0. The van der Waals surface area contributed by atoms with Crippen molar-refractivity contribution in [2.75, 3.05) is 21.3 Å². The van der Waals surface area contributed by atoms with Crippen molar-refractivity contribution in [1.29, 1.82) is 0 Å². The monoisotopic (exact) mass is 626 g/mol. The van der Waals surface area contributed by atoms with Crippen LogP contribution in [0.1, 0.15) is 0 Å². The van der Waals surface area contributed by atoms with E-state index in [0.717, 1.165) is 57.1 Å². The van der Waals surface area contributed by atoms with E-state index in [9.17, 15) is 0 Å². The van der Waals surface area contributed by atoms with E-state index in [-0.39, 0.29) is 0 Å². The molecule has 0 saturated heterocycles. The lowest BCUT2D eigenvalue weighted by Crippen LogP contribution is -2.12. The fraction of sp³-hybridized carbons (Fsp3) is 0. The maximum Gasteiger partial charge on any atom is 0.127 e. The highest BCUT2D eigenvalue weighted by Gasteiger charge is 2.16. The zero-order valence-corrected chi connectivity index (χ0v) is 26.2. The molecule has 7 rings (SSSR count). The fourth-order valence-corrected chi connectivity index (χ4v) is 5.47. The Hall–Kier alpha value is -6.66. The molecule has 0 aliphatic heterocycles. The van der Waals surface area contributed by atoms with E-state index in [0.29, 0.717) is 11.4 Å². The third-order valence-corrected chi connectivity index (χ3v) is 7.82. The molecule has 0 aliphatic carbocycles. The first kappa shape index (κ1) is 30.0. The Morgan fingerprint density at radius 3 is 0.792 bits per heavy atom. The second-order valence-electron chi connectivity index (χ2n) is 11.2. The summed E-state index contributed by atoms with van der Waals surface area (Å²) in [6, 6.07) is 60.2. The predicted octanol–water partition coefficient (Wildman–Crippen LogP) is 11.4. The molecule has 7 aromatic rings. The molecule has 0 spiro atoms. The molecule has 48 heavy (non-hydrogen) atoms. The normalized spacial score (nSPS) is 10.7. The van der Waals surface area contributed by atoms with E-state index in [1.54, 1.807) is 0 Å². The van der Waals surface area contributed by atoms with Gasteiger partial charge in [0.2, 0.25) is 0 Å². The number of ether oxygens (including phenoxy) is 2. The molecule has 0 heterocycles. The first-order valence-electron chi connectivity index (χ1n) is 15.7. The SMILES string of the molecule is Nc1ccc(Oc2ccc(N(c3ccccc3)c3ccc(N(c4ccccc4)c4ccc(Oc5ccc(N)cc5)cc4)cc3)cc2)cc1. The van der Waals surface area contributed by atoms with E-state index in [4.69, 9.17) is 20.9 Å². The summed E-state index contributed by atoms with van der Waals surface area (Å²) in [5.41, 5.74) is 19.2. The van der Waals surface area contributed by atoms with Crippen LogP contribution in [0.3, 0.4) is 0 Å². The van der Waals surface area contributed by atoms with E-state index >= 15 is 0 Å². The molecule has 0 unspecified atom stereocenters. The van der Waals surface area contributed by atoms with Crippen LogP contribution >= 0.6 is 0 Å². The van der Waals surface area contributed by atoms with Gasteiger partial charge in [0, 0.05) is 45.5 Å². The van der Waals surface area contributed by atoms with E-state index < -0.39 is 0 Å². The van der Waals surface area contributed by atoms with Crippen LogP contribution in [0.2, 0.25) is 0 Å². The Balaban J connectivity index is 1.18. The topological polar surface area (TPSA) is 77.0 Å². The fourth-order valence-electron chi connectivity index (χ4n) is 5.47. The number of hydrogen-bond donors (Lipinski definition) is 2. The molecule has 0 fully saturated rings. The number of rotatable bonds is 10. The van der Waals surface area contributed by atoms with Crippen molar-refractivity contribution in [2.45, 2.75) is 0 Å². The number of anilines is 8. The molecule has 0 aromatic heterocycles. The number of nitrogens with zero attached hydrogens (tertiary/aromatic N) is 2. The minimum atomic E-state index is 0.701. The van der Waals surface area contributed by atoms with Gasteiger partial charge in [-0.1, -0.05) is 36.4 Å². The Labute approximate surface area is 280 Å². The smallest absolute Gasteiger partial charge is 0.127 e. The van der Waals surface area contributed by atoms with Crippen molar-refractivity contribution in [1.82, 2.24) is 0 Å². The molecular formula is C42H34N4O2. The Morgan fingerprint density at radius 1 is 0.271 bits per heavy atom. The number of nitrogens with two attached hydrogens (primary N) is 2. The van der Waals surface area contributed by atoms with Crippen molar-refractivity contribution in [3.05, 3.63) is 182 Å². The lowest BCUT2D eigenvalue weighted by molar-refractivity contribution is 0.482. The highest BCUT2D eigenvalue weighted by atomic mass is 16.5. The number of benzene rings is 7. The second kappa shape index (κ2) is 13.8. The molecule has 0 bridgehead atoms. The van der Waals surface area contributed by atoms with Gasteiger partial charge in [-0.25, -0.2) is 0 Å².